The average molecular weight is 265 g/mol. The molecular formula is C14H23N3O2. The molecule has 0 radical (unpaired) electrons. The predicted octanol–water partition coefficient (Wildman–Crippen LogP) is 1.49. The third-order valence-electron chi connectivity index (χ3n) is 3.35. The molecule has 0 bridgehead atoms. The van der Waals surface area contributed by atoms with Gasteiger partial charge < -0.3 is 20.1 Å². The summed E-state index contributed by atoms with van der Waals surface area (Å²) in [7, 11) is 0. The SMILES string of the molecule is CCNc1cc(N2CCC(OCCO)CC2)ccn1. The van der Waals surface area contributed by atoms with Gasteiger partial charge in [0.25, 0.3) is 0 Å². The molecule has 19 heavy (non-hydrogen) atoms. The number of piperidine rings is 1. The van der Waals surface area contributed by atoms with Gasteiger partial charge in [-0.1, -0.05) is 0 Å². The van der Waals surface area contributed by atoms with Crippen molar-refractivity contribution in [1.82, 2.24) is 4.98 Å². The summed E-state index contributed by atoms with van der Waals surface area (Å²) in [6.07, 6.45) is 4.16. The van der Waals surface area contributed by atoms with E-state index in [4.69, 9.17) is 9.84 Å². The van der Waals surface area contributed by atoms with E-state index < -0.39 is 0 Å². The molecule has 0 atom stereocenters. The summed E-state index contributed by atoms with van der Waals surface area (Å²) in [5.74, 6) is 0.929. The largest absolute Gasteiger partial charge is 0.394 e. The van der Waals surface area contributed by atoms with Crippen molar-refractivity contribution in [2.45, 2.75) is 25.9 Å². The standard InChI is InChI=1S/C14H23N3O2/c1-2-15-14-11-12(3-6-16-14)17-7-4-13(5-8-17)19-10-9-18/h3,6,11,13,18H,2,4-5,7-10H2,1H3,(H,15,16). The second-order valence-corrected chi connectivity index (χ2v) is 4.71. The van der Waals surface area contributed by atoms with Crippen molar-refractivity contribution in [3.8, 4) is 0 Å². The van der Waals surface area contributed by atoms with E-state index in [0.717, 1.165) is 38.3 Å². The van der Waals surface area contributed by atoms with Gasteiger partial charge in [0.1, 0.15) is 5.82 Å². The number of rotatable bonds is 6. The molecule has 1 aromatic heterocycles. The summed E-state index contributed by atoms with van der Waals surface area (Å²) in [6, 6.07) is 4.15. The first-order valence-corrected chi connectivity index (χ1v) is 7.00. The van der Waals surface area contributed by atoms with E-state index in [1.165, 1.54) is 5.69 Å². The minimum absolute atomic E-state index is 0.108. The second kappa shape index (κ2) is 7.31. The molecule has 2 rings (SSSR count). The van der Waals surface area contributed by atoms with Crippen molar-refractivity contribution in [2.75, 3.05) is 43.1 Å². The Bertz CT molecular complexity index is 379. The maximum Gasteiger partial charge on any atom is 0.127 e. The number of hydrogen-bond acceptors (Lipinski definition) is 5. The monoisotopic (exact) mass is 265 g/mol. The molecule has 0 saturated carbocycles. The fraction of sp³-hybridized carbons (Fsp3) is 0.643. The summed E-state index contributed by atoms with van der Waals surface area (Å²) < 4.78 is 5.58. The highest BCUT2D eigenvalue weighted by atomic mass is 16.5. The van der Waals surface area contributed by atoms with Crippen LogP contribution in [0.4, 0.5) is 11.5 Å². The molecule has 0 aromatic carbocycles. The van der Waals surface area contributed by atoms with E-state index in [1.54, 1.807) is 0 Å². The second-order valence-electron chi connectivity index (χ2n) is 4.71. The van der Waals surface area contributed by atoms with Crippen molar-refractivity contribution >= 4 is 11.5 Å². The first-order chi connectivity index (χ1) is 9.33. The van der Waals surface area contributed by atoms with Crippen LogP contribution in [0.3, 0.4) is 0 Å². The van der Waals surface area contributed by atoms with Crippen LogP contribution in [-0.2, 0) is 4.74 Å². The Balaban J connectivity index is 1.88. The van der Waals surface area contributed by atoms with Gasteiger partial charge in [0.05, 0.1) is 19.3 Å². The van der Waals surface area contributed by atoms with Gasteiger partial charge in [-0.15, -0.1) is 0 Å². The summed E-state index contributed by atoms with van der Waals surface area (Å²) in [6.45, 7) is 5.49. The molecule has 0 unspecified atom stereocenters. The highest BCUT2D eigenvalue weighted by Crippen LogP contribution is 2.22. The minimum atomic E-state index is 0.108. The predicted molar refractivity (Wildman–Crippen MR) is 76.7 cm³/mol. The maximum absolute atomic E-state index is 8.76. The van der Waals surface area contributed by atoms with E-state index in [-0.39, 0.29) is 6.61 Å². The molecule has 2 N–H and O–H groups in total. The van der Waals surface area contributed by atoms with Gasteiger partial charge in [-0.3, -0.25) is 0 Å². The van der Waals surface area contributed by atoms with Gasteiger partial charge in [0, 0.05) is 37.6 Å². The Kier molecular flexibility index (Phi) is 5.42. The van der Waals surface area contributed by atoms with Crippen LogP contribution in [0.15, 0.2) is 18.3 Å². The van der Waals surface area contributed by atoms with Crippen LogP contribution >= 0.6 is 0 Å². The number of aliphatic hydroxyl groups excluding tert-OH is 1. The Morgan fingerprint density at radius 3 is 2.95 bits per heavy atom. The van der Waals surface area contributed by atoms with Crippen LogP contribution in [0.5, 0.6) is 0 Å². The zero-order chi connectivity index (χ0) is 13.5. The van der Waals surface area contributed by atoms with Crippen LogP contribution in [0.2, 0.25) is 0 Å². The maximum atomic E-state index is 8.76. The van der Waals surface area contributed by atoms with E-state index in [0.29, 0.717) is 12.7 Å². The fourth-order valence-corrected chi connectivity index (χ4v) is 2.39. The number of anilines is 2. The van der Waals surface area contributed by atoms with Crippen molar-refractivity contribution in [2.24, 2.45) is 0 Å². The summed E-state index contributed by atoms with van der Waals surface area (Å²) in [5, 5.41) is 12.0. The Morgan fingerprint density at radius 2 is 2.26 bits per heavy atom. The van der Waals surface area contributed by atoms with Crippen molar-refractivity contribution in [3.05, 3.63) is 18.3 Å². The highest BCUT2D eigenvalue weighted by Gasteiger charge is 2.19. The summed E-state index contributed by atoms with van der Waals surface area (Å²) in [5.41, 5.74) is 1.21. The molecule has 2 heterocycles. The molecule has 1 aromatic rings. The highest BCUT2D eigenvalue weighted by molar-refractivity contribution is 5.54. The molecule has 5 heteroatoms. The first-order valence-electron chi connectivity index (χ1n) is 7.00. The van der Waals surface area contributed by atoms with Crippen LogP contribution in [-0.4, -0.2) is 49.0 Å². The lowest BCUT2D eigenvalue weighted by Gasteiger charge is -2.33. The third kappa shape index (κ3) is 4.08. The molecule has 5 nitrogen and oxygen atoms in total. The zero-order valence-corrected chi connectivity index (χ0v) is 11.5. The topological polar surface area (TPSA) is 57.6 Å². The van der Waals surface area contributed by atoms with Crippen LogP contribution in [0.1, 0.15) is 19.8 Å². The number of ether oxygens (including phenoxy) is 1. The van der Waals surface area contributed by atoms with Crippen molar-refractivity contribution < 1.29 is 9.84 Å². The summed E-state index contributed by atoms with van der Waals surface area (Å²) >= 11 is 0. The molecule has 106 valence electrons. The number of pyridine rings is 1. The lowest BCUT2D eigenvalue weighted by atomic mass is 10.1. The molecule has 1 aliphatic heterocycles. The van der Waals surface area contributed by atoms with Crippen LogP contribution < -0.4 is 10.2 Å². The lowest BCUT2D eigenvalue weighted by Crippen LogP contribution is -2.37. The van der Waals surface area contributed by atoms with Crippen molar-refractivity contribution in [3.63, 3.8) is 0 Å². The average Bonchev–Trinajstić information content (AvgIpc) is 2.46. The molecule has 0 amide bonds. The Labute approximate surface area is 114 Å². The Morgan fingerprint density at radius 1 is 1.47 bits per heavy atom. The molecule has 0 spiro atoms. The lowest BCUT2D eigenvalue weighted by molar-refractivity contribution is 0.0159. The van der Waals surface area contributed by atoms with Crippen molar-refractivity contribution in [1.29, 1.82) is 0 Å². The number of hydrogen-bond donors (Lipinski definition) is 2. The smallest absolute Gasteiger partial charge is 0.127 e. The molecule has 1 aliphatic rings. The van der Waals surface area contributed by atoms with Gasteiger partial charge in [-0.25, -0.2) is 4.98 Å². The van der Waals surface area contributed by atoms with E-state index in [2.05, 4.69) is 34.3 Å². The van der Waals surface area contributed by atoms with E-state index >= 15 is 0 Å². The fourth-order valence-electron chi connectivity index (χ4n) is 2.39. The molecular weight excluding hydrogens is 242 g/mol. The molecule has 1 fully saturated rings. The van der Waals surface area contributed by atoms with E-state index in [9.17, 15) is 0 Å². The normalized spacial score (nSPS) is 16.6. The minimum Gasteiger partial charge on any atom is -0.394 e. The third-order valence-corrected chi connectivity index (χ3v) is 3.35. The summed E-state index contributed by atoms with van der Waals surface area (Å²) in [4.78, 5) is 6.65. The quantitative estimate of drug-likeness (QED) is 0.816. The molecule has 0 aliphatic carbocycles. The van der Waals surface area contributed by atoms with Gasteiger partial charge in [0.2, 0.25) is 0 Å². The van der Waals surface area contributed by atoms with Crippen LogP contribution in [0, 0.1) is 0 Å². The number of nitrogens with zero attached hydrogens (tertiary/aromatic N) is 2. The number of nitrogens with one attached hydrogen (secondary N) is 1. The first kappa shape index (κ1) is 14.1. The zero-order valence-electron chi connectivity index (χ0n) is 11.5. The van der Waals surface area contributed by atoms with Gasteiger partial charge >= 0.3 is 0 Å². The Hall–Kier alpha value is -1.33. The van der Waals surface area contributed by atoms with Gasteiger partial charge in [0.15, 0.2) is 0 Å². The number of aliphatic hydroxyl groups is 1. The number of aromatic nitrogens is 1. The van der Waals surface area contributed by atoms with Gasteiger partial charge in [-0.2, -0.15) is 0 Å². The van der Waals surface area contributed by atoms with Gasteiger partial charge in [-0.05, 0) is 25.8 Å². The van der Waals surface area contributed by atoms with E-state index in [1.807, 2.05) is 6.20 Å². The van der Waals surface area contributed by atoms with Crippen LogP contribution in [0.25, 0.3) is 0 Å². The molecule has 1 saturated heterocycles.